The summed E-state index contributed by atoms with van der Waals surface area (Å²) in [6, 6.07) is 10.0. The quantitative estimate of drug-likeness (QED) is 0.837. The van der Waals surface area contributed by atoms with Gasteiger partial charge >= 0.3 is 12.0 Å². The Kier molecular flexibility index (Phi) is 4.36. The van der Waals surface area contributed by atoms with Gasteiger partial charge in [0.25, 0.3) is 0 Å². The Bertz CT molecular complexity index is 671. The molecule has 1 aromatic heterocycles. The highest BCUT2D eigenvalue weighted by Crippen LogP contribution is 2.33. The van der Waals surface area contributed by atoms with Crippen LogP contribution in [0.4, 0.5) is 0 Å². The average molecular weight is 314 g/mol. The Balaban J connectivity index is 1.90. The third kappa shape index (κ3) is 3.23. The minimum absolute atomic E-state index is 0.0946. The molecule has 0 saturated carbocycles. The van der Waals surface area contributed by atoms with Gasteiger partial charge in [-0.3, -0.25) is 4.79 Å². The zero-order valence-electron chi connectivity index (χ0n) is 13.1. The molecule has 1 atom stereocenters. The number of likely N-dealkylation sites (tertiary alicyclic amines) is 1. The first kappa shape index (κ1) is 15.2. The number of rotatable bonds is 5. The normalized spacial score (nSPS) is 17.4. The van der Waals surface area contributed by atoms with Crippen molar-refractivity contribution in [1.82, 2.24) is 19.9 Å². The van der Waals surface area contributed by atoms with E-state index in [1.807, 2.05) is 30.3 Å². The molecule has 3 rings (SSSR count). The van der Waals surface area contributed by atoms with Gasteiger partial charge in [0.05, 0.1) is 20.3 Å². The number of nitrogens with zero attached hydrogens (tertiary/aromatic N) is 4. The average Bonchev–Trinajstić information content (AvgIpc) is 2.96. The van der Waals surface area contributed by atoms with Gasteiger partial charge in [-0.25, -0.2) is 0 Å². The van der Waals surface area contributed by atoms with Crippen LogP contribution in [-0.4, -0.2) is 40.0 Å². The molecule has 1 amide bonds. The molecule has 1 aliphatic rings. The van der Waals surface area contributed by atoms with Crippen molar-refractivity contribution in [2.75, 3.05) is 14.2 Å². The molecule has 2 aromatic rings. The van der Waals surface area contributed by atoms with E-state index in [0.29, 0.717) is 25.2 Å². The predicted molar refractivity (Wildman–Crippen MR) is 81.9 cm³/mol. The van der Waals surface area contributed by atoms with Crippen LogP contribution in [0.25, 0.3) is 0 Å². The van der Waals surface area contributed by atoms with Crippen molar-refractivity contribution in [2.24, 2.45) is 0 Å². The zero-order chi connectivity index (χ0) is 16.2. The van der Waals surface area contributed by atoms with Crippen LogP contribution in [0.3, 0.4) is 0 Å². The molecule has 0 bridgehead atoms. The fraction of sp³-hybridized carbons (Fsp3) is 0.375. The van der Waals surface area contributed by atoms with Crippen LogP contribution in [0.15, 0.2) is 30.3 Å². The molecule has 1 unspecified atom stereocenters. The first-order valence-corrected chi connectivity index (χ1v) is 7.38. The number of carbonyl (C=O) groups is 1. The van der Waals surface area contributed by atoms with Crippen LogP contribution in [0, 0.1) is 0 Å². The summed E-state index contributed by atoms with van der Waals surface area (Å²) < 4.78 is 10.2. The van der Waals surface area contributed by atoms with Gasteiger partial charge in [0.1, 0.15) is 0 Å². The number of hydrogen-bond acceptors (Lipinski definition) is 6. The second-order valence-electron chi connectivity index (χ2n) is 5.23. The fourth-order valence-electron chi connectivity index (χ4n) is 2.66. The Morgan fingerprint density at radius 1 is 1.09 bits per heavy atom. The summed E-state index contributed by atoms with van der Waals surface area (Å²) in [5.74, 6) is 0.590. The van der Waals surface area contributed by atoms with Crippen molar-refractivity contribution in [1.29, 1.82) is 0 Å². The van der Waals surface area contributed by atoms with Gasteiger partial charge in [-0.15, -0.1) is 4.98 Å². The van der Waals surface area contributed by atoms with E-state index in [2.05, 4.69) is 15.0 Å². The summed E-state index contributed by atoms with van der Waals surface area (Å²) in [4.78, 5) is 26.6. The molecule has 23 heavy (non-hydrogen) atoms. The van der Waals surface area contributed by atoms with Crippen molar-refractivity contribution in [2.45, 2.75) is 25.4 Å². The molecular weight excluding hydrogens is 296 g/mol. The summed E-state index contributed by atoms with van der Waals surface area (Å²) >= 11 is 0. The van der Waals surface area contributed by atoms with Crippen molar-refractivity contribution in [3.63, 3.8) is 0 Å². The van der Waals surface area contributed by atoms with Gasteiger partial charge in [-0.2, -0.15) is 9.97 Å². The summed E-state index contributed by atoms with van der Waals surface area (Å²) in [5.41, 5.74) is 1.07. The monoisotopic (exact) mass is 314 g/mol. The molecular formula is C16H18N4O3. The van der Waals surface area contributed by atoms with E-state index in [1.54, 1.807) is 4.90 Å². The van der Waals surface area contributed by atoms with Gasteiger partial charge in [0.2, 0.25) is 5.91 Å². The summed E-state index contributed by atoms with van der Waals surface area (Å²) in [5, 5.41) is 0. The molecule has 0 N–H and O–H groups in total. The second kappa shape index (κ2) is 6.60. The molecule has 2 heterocycles. The van der Waals surface area contributed by atoms with Gasteiger partial charge in [0.15, 0.2) is 5.82 Å². The third-order valence-corrected chi connectivity index (χ3v) is 3.80. The first-order chi connectivity index (χ1) is 11.2. The Hall–Kier alpha value is -2.70. The highest BCUT2D eigenvalue weighted by molar-refractivity contribution is 5.78. The van der Waals surface area contributed by atoms with Gasteiger partial charge < -0.3 is 14.4 Å². The van der Waals surface area contributed by atoms with Crippen LogP contribution < -0.4 is 9.47 Å². The van der Waals surface area contributed by atoms with E-state index in [0.717, 1.165) is 5.56 Å². The van der Waals surface area contributed by atoms with Crippen LogP contribution in [0.5, 0.6) is 12.0 Å². The van der Waals surface area contributed by atoms with Crippen LogP contribution >= 0.6 is 0 Å². The highest BCUT2D eigenvalue weighted by Gasteiger charge is 2.34. The number of carbonyl (C=O) groups excluding carboxylic acids is 1. The van der Waals surface area contributed by atoms with Gasteiger partial charge in [-0.05, 0) is 12.0 Å². The Morgan fingerprint density at radius 3 is 2.35 bits per heavy atom. The molecule has 0 spiro atoms. The number of methoxy groups -OCH3 is 2. The van der Waals surface area contributed by atoms with E-state index < -0.39 is 0 Å². The largest absolute Gasteiger partial charge is 0.467 e. The molecule has 1 saturated heterocycles. The van der Waals surface area contributed by atoms with Crippen molar-refractivity contribution >= 4 is 5.91 Å². The number of ether oxygens (including phenoxy) is 2. The van der Waals surface area contributed by atoms with Crippen LogP contribution in [-0.2, 0) is 11.3 Å². The number of aromatic nitrogens is 3. The minimum Gasteiger partial charge on any atom is -0.467 e. The Morgan fingerprint density at radius 2 is 1.74 bits per heavy atom. The molecule has 120 valence electrons. The lowest BCUT2D eigenvalue weighted by molar-refractivity contribution is -0.129. The lowest BCUT2D eigenvalue weighted by Gasteiger charge is -2.24. The molecule has 1 aromatic carbocycles. The zero-order valence-corrected chi connectivity index (χ0v) is 13.1. The minimum atomic E-state index is -0.200. The molecule has 1 aliphatic heterocycles. The molecule has 0 aliphatic carbocycles. The molecule has 0 radical (unpaired) electrons. The highest BCUT2D eigenvalue weighted by atomic mass is 16.5. The smallest absolute Gasteiger partial charge is 0.322 e. The van der Waals surface area contributed by atoms with E-state index >= 15 is 0 Å². The lowest BCUT2D eigenvalue weighted by Crippen LogP contribution is -2.28. The second-order valence-corrected chi connectivity index (χ2v) is 5.23. The first-order valence-electron chi connectivity index (χ1n) is 7.38. The summed E-state index contributed by atoms with van der Waals surface area (Å²) in [6.45, 7) is 0.528. The van der Waals surface area contributed by atoms with Crippen molar-refractivity contribution in [3.05, 3.63) is 41.7 Å². The topological polar surface area (TPSA) is 77.4 Å². The predicted octanol–water partition coefficient (Wildman–Crippen LogP) is 1.75. The van der Waals surface area contributed by atoms with E-state index in [9.17, 15) is 4.79 Å². The maximum Gasteiger partial charge on any atom is 0.322 e. The third-order valence-electron chi connectivity index (χ3n) is 3.80. The maximum absolute atomic E-state index is 12.3. The molecule has 7 heteroatoms. The summed E-state index contributed by atoms with van der Waals surface area (Å²) in [7, 11) is 2.97. The van der Waals surface area contributed by atoms with Crippen LogP contribution in [0.2, 0.25) is 0 Å². The SMILES string of the molecule is COc1nc(OC)nc(C2CCC(=O)N2Cc2ccccc2)n1. The number of benzene rings is 1. The van der Waals surface area contributed by atoms with E-state index in [-0.39, 0.29) is 24.0 Å². The van der Waals surface area contributed by atoms with Gasteiger partial charge in [-0.1, -0.05) is 30.3 Å². The molecule has 7 nitrogen and oxygen atoms in total. The lowest BCUT2D eigenvalue weighted by atomic mass is 10.1. The number of amides is 1. The van der Waals surface area contributed by atoms with E-state index in [4.69, 9.17) is 9.47 Å². The Labute approximate surface area is 134 Å². The van der Waals surface area contributed by atoms with Crippen LogP contribution in [0.1, 0.15) is 30.3 Å². The van der Waals surface area contributed by atoms with Gasteiger partial charge in [0, 0.05) is 13.0 Å². The van der Waals surface area contributed by atoms with Crippen molar-refractivity contribution < 1.29 is 14.3 Å². The molecule has 1 fully saturated rings. The number of hydrogen-bond donors (Lipinski definition) is 0. The standard InChI is InChI=1S/C16H18N4O3/c1-22-15-17-14(18-16(19-15)23-2)12-8-9-13(21)20(12)10-11-6-4-3-5-7-11/h3-7,12H,8-10H2,1-2H3. The summed E-state index contributed by atoms with van der Waals surface area (Å²) in [6.07, 6.45) is 1.15. The van der Waals surface area contributed by atoms with Crippen molar-refractivity contribution in [3.8, 4) is 12.0 Å². The maximum atomic E-state index is 12.3. The van der Waals surface area contributed by atoms with E-state index in [1.165, 1.54) is 14.2 Å². The fourth-order valence-corrected chi connectivity index (χ4v) is 2.66.